The Kier molecular flexibility index (Phi) is 2.29. The standard InChI is InChI=1S/C8H20N/c1-8(2,3)7-9(4,5)6/h7H2,1-6H3/q+1. The number of quaternary nitrogens is 1. The molecule has 0 aliphatic heterocycles. The van der Waals surface area contributed by atoms with Crippen molar-refractivity contribution in [2.24, 2.45) is 5.41 Å². The van der Waals surface area contributed by atoms with E-state index in [-0.39, 0.29) is 0 Å². The summed E-state index contributed by atoms with van der Waals surface area (Å²) in [6, 6.07) is 0. The van der Waals surface area contributed by atoms with E-state index in [4.69, 9.17) is 0 Å². The maximum atomic E-state index is 2.27. The van der Waals surface area contributed by atoms with Gasteiger partial charge in [0.2, 0.25) is 0 Å². The van der Waals surface area contributed by atoms with Crippen molar-refractivity contribution in [3.8, 4) is 0 Å². The van der Waals surface area contributed by atoms with E-state index in [1.165, 1.54) is 6.54 Å². The third kappa shape index (κ3) is 7.96. The van der Waals surface area contributed by atoms with Gasteiger partial charge < -0.3 is 4.48 Å². The lowest BCUT2D eigenvalue weighted by Gasteiger charge is -2.31. The molecule has 9 heavy (non-hydrogen) atoms. The summed E-state index contributed by atoms with van der Waals surface area (Å²) in [7, 11) is 6.68. The summed E-state index contributed by atoms with van der Waals surface area (Å²) >= 11 is 0. The van der Waals surface area contributed by atoms with E-state index in [2.05, 4.69) is 41.9 Å². The summed E-state index contributed by atoms with van der Waals surface area (Å²) in [5.41, 5.74) is 0.457. The highest BCUT2D eigenvalue weighted by atomic mass is 15.3. The van der Waals surface area contributed by atoms with Crippen LogP contribution in [0.1, 0.15) is 20.8 Å². The highest BCUT2D eigenvalue weighted by Gasteiger charge is 2.19. The molecule has 0 aromatic carbocycles. The molecule has 0 rings (SSSR count). The predicted molar refractivity (Wildman–Crippen MR) is 42.4 cm³/mol. The summed E-state index contributed by atoms with van der Waals surface area (Å²) in [5.74, 6) is 0. The summed E-state index contributed by atoms with van der Waals surface area (Å²) < 4.78 is 1.06. The Morgan fingerprint density at radius 1 is 1.00 bits per heavy atom. The van der Waals surface area contributed by atoms with E-state index in [0.717, 1.165) is 4.48 Å². The smallest absolute Gasteiger partial charge is 0.0829 e. The second kappa shape index (κ2) is 2.30. The molecule has 1 nitrogen and oxygen atoms in total. The van der Waals surface area contributed by atoms with Crippen molar-refractivity contribution in [3.63, 3.8) is 0 Å². The number of nitrogens with zero attached hydrogens (tertiary/aromatic N) is 1. The molecule has 1 heteroatoms. The van der Waals surface area contributed by atoms with E-state index in [0.29, 0.717) is 5.41 Å². The van der Waals surface area contributed by atoms with Crippen LogP contribution in [0.4, 0.5) is 0 Å². The van der Waals surface area contributed by atoms with Crippen LogP contribution in [0, 0.1) is 5.41 Å². The maximum Gasteiger partial charge on any atom is 0.0829 e. The fourth-order valence-corrected chi connectivity index (χ4v) is 1.42. The van der Waals surface area contributed by atoms with Gasteiger partial charge in [-0.05, 0) is 0 Å². The zero-order valence-electron chi connectivity index (χ0n) is 7.65. The van der Waals surface area contributed by atoms with Gasteiger partial charge in [-0.15, -0.1) is 0 Å². The average molecular weight is 130 g/mol. The van der Waals surface area contributed by atoms with Crippen LogP contribution in [-0.4, -0.2) is 32.2 Å². The van der Waals surface area contributed by atoms with Crippen LogP contribution in [0.25, 0.3) is 0 Å². The fraction of sp³-hybridized carbons (Fsp3) is 1.00. The monoisotopic (exact) mass is 130 g/mol. The van der Waals surface area contributed by atoms with Crippen LogP contribution >= 0.6 is 0 Å². The first-order valence-electron chi connectivity index (χ1n) is 3.51. The average Bonchev–Trinajstić information content (AvgIpc) is 1.14. The molecule has 56 valence electrons. The summed E-state index contributed by atoms with van der Waals surface area (Å²) in [6.45, 7) is 8.05. The van der Waals surface area contributed by atoms with Gasteiger partial charge in [-0.3, -0.25) is 0 Å². The highest BCUT2D eigenvalue weighted by Crippen LogP contribution is 2.15. The molecular formula is C8H20N+. The van der Waals surface area contributed by atoms with Gasteiger partial charge in [0.05, 0.1) is 27.7 Å². The topological polar surface area (TPSA) is 0 Å². The van der Waals surface area contributed by atoms with Crippen molar-refractivity contribution in [3.05, 3.63) is 0 Å². The molecule has 0 saturated carbocycles. The SMILES string of the molecule is CC(C)(C)C[N+](C)(C)C. The van der Waals surface area contributed by atoms with Crippen molar-refractivity contribution in [1.82, 2.24) is 0 Å². The van der Waals surface area contributed by atoms with Crippen molar-refractivity contribution >= 4 is 0 Å². The second-order valence-electron chi connectivity index (χ2n) is 5.01. The van der Waals surface area contributed by atoms with Gasteiger partial charge in [-0.1, -0.05) is 20.8 Å². The van der Waals surface area contributed by atoms with Gasteiger partial charge in [-0.25, -0.2) is 0 Å². The normalized spacial score (nSPS) is 14.0. The van der Waals surface area contributed by atoms with Crippen molar-refractivity contribution < 1.29 is 4.48 Å². The predicted octanol–water partition coefficient (Wildman–Crippen LogP) is 1.74. The zero-order chi connectivity index (χ0) is 7.71. The summed E-state index contributed by atoms with van der Waals surface area (Å²) in [5, 5.41) is 0. The quantitative estimate of drug-likeness (QED) is 0.474. The maximum absolute atomic E-state index is 2.27. The fourth-order valence-electron chi connectivity index (χ4n) is 1.42. The molecular weight excluding hydrogens is 110 g/mol. The van der Waals surface area contributed by atoms with Crippen LogP contribution < -0.4 is 0 Å². The van der Waals surface area contributed by atoms with Crippen molar-refractivity contribution in [2.45, 2.75) is 20.8 Å². The Balaban J connectivity index is 3.75. The second-order valence-corrected chi connectivity index (χ2v) is 5.01. The molecule has 0 heterocycles. The molecule has 0 aromatic rings. The first kappa shape index (κ1) is 8.96. The summed E-state index contributed by atoms with van der Waals surface area (Å²) in [6.07, 6.45) is 0. The van der Waals surface area contributed by atoms with Gasteiger partial charge in [0.25, 0.3) is 0 Å². The molecule has 0 aliphatic rings. The molecule has 0 aliphatic carbocycles. The molecule has 0 bridgehead atoms. The molecule has 0 radical (unpaired) electrons. The lowest BCUT2D eigenvalue weighted by Crippen LogP contribution is -2.41. The first-order chi connectivity index (χ1) is 3.71. The highest BCUT2D eigenvalue weighted by molar-refractivity contribution is 4.58. The van der Waals surface area contributed by atoms with Crippen LogP contribution in [0.5, 0.6) is 0 Å². The zero-order valence-corrected chi connectivity index (χ0v) is 7.65. The van der Waals surface area contributed by atoms with Crippen LogP contribution in [0.3, 0.4) is 0 Å². The Labute approximate surface area is 59.3 Å². The molecule has 0 saturated heterocycles. The molecule has 0 aromatic heterocycles. The Hall–Kier alpha value is -0.0400. The van der Waals surface area contributed by atoms with Gasteiger partial charge in [-0.2, -0.15) is 0 Å². The molecule has 0 unspecified atom stereocenters. The minimum Gasteiger partial charge on any atom is -0.330 e. The number of hydrogen-bond donors (Lipinski definition) is 0. The molecule has 0 atom stereocenters. The van der Waals surface area contributed by atoms with Crippen molar-refractivity contribution in [1.29, 1.82) is 0 Å². The molecule has 0 spiro atoms. The minimum atomic E-state index is 0.457. The van der Waals surface area contributed by atoms with E-state index in [1.54, 1.807) is 0 Å². The van der Waals surface area contributed by atoms with Gasteiger partial charge in [0.1, 0.15) is 0 Å². The van der Waals surface area contributed by atoms with Crippen LogP contribution in [-0.2, 0) is 0 Å². The van der Waals surface area contributed by atoms with E-state index < -0.39 is 0 Å². The Morgan fingerprint density at radius 3 is 1.33 bits per heavy atom. The Morgan fingerprint density at radius 2 is 1.33 bits per heavy atom. The van der Waals surface area contributed by atoms with E-state index >= 15 is 0 Å². The van der Waals surface area contributed by atoms with Crippen LogP contribution in [0.2, 0.25) is 0 Å². The molecule has 0 N–H and O–H groups in total. The molecule has 0 fully saturated rings. The third-order valence-electron chi connectivity index (χ3n) is 0.949. The molecule has 0 amide bonds. The number of rotatable bonds is 1. The number of hydrogen-bond acceptors (Lipinski definition) is 0. The largest absolute Gasteiger partial charge is 0.330 e. The third-order valence-corrected chi connectivity index (χ3v) is 0.949. The lowest BCUT2D eigenvalue weighted by atomic mass is 9.96. The minimum absolute atomic E-state index is 0.457. The van der Waals surface area contributed by atoms with Gasteiger partial charge in [0, 0.05) is 5.41 Å². The Bertz CT molecular complexity index is 69.7. The summed E-state index contributed by atoms with van der Waals surface area (Å²) in [4.78, 5) is 0. The first-order valence-corrected chi connectivity index (χ1v) is 3.51. The van der Waals surface area contributed by atoms with E-state index in [1.807, 2.05) is 0 Å². The lowest BCUT2D eigenvalue weighted by molar-refractivity contribution is -0.876. The van der Waals surface area contributed by atoms with E-state index in [9.17, 15) is 0 Å². The van der Waals surface area contributed by atoms with Crippen LogP contribution in [0.15, 0.2) is 0 Å². The van der Waals surface area contributed by atoms with Gasteiger partial charge in [0.15, 0.2) is 0 Å². The van der Waals surface area contributed by atoms with Crippen molar-refractivity contribution in [2.75, 3.05) is 27.7 Å². The van der Waals surface area contributed by atoms with Gasteiger partial charge >= 0.3 is 0 Å².